The monoisotopic (exact) mass is 622 g/mol. The molecule has 1 spiro atoms. The largest absolute Gasteiger partial charge is 0.437 e. The molecule has 3 aliphatic carbocycles. The summed E-state index contributed by atoms with van der Waals surface area (Å²) in [5, 5.41) is 6.03. The van der Waals surface area contributed by atoms with Crippen molar-refractivity contribution in [3.05, 3.63) is 71.5 Å². The molecule has 13 heteroatoms. The number of nitrogens with zero attached hydrogens (tertiary/aromatic N) is 2. The lowest BCUT2D eigenvalue weighted by Gasteiger charge is -2.26. The number of carbonyl (C=O) groups excluding carboxylic acids is 2. The third-order valence-electron chi connectivity index (χ3n) is 8.99. The van der Waals surface area contributed by atoms with Crippen molar-refractivity contribution in [2.45, 2.75) is 24.8 Å². The minimum Gasteiger partial charge on any atom is -0.437 e. The molecule has 222 valence electrons. The van der Waals surface area contributed by atoms with Crippen LogP contribution in [-0.4, -0.2) is 54.5 Å². The van der Waals surface area contributed by atoms with Crippen LogP contribution in [0.4, 0.5) is 10.2 Å². The number of fused-ring (bicyclic) bond motifs is 1. The Kier molecular flexibility index (Phi) is 5.93. The highest BCUT2D eigenvalue weighted by atomic mass is 32.3. The van der Waals surface area contributed by atoms with E-state index in [9.17, 15) is 26.6 Å². The SMILES string of the molecule is CNC(=O)c1c(-c2ccc(F)cc2)oc2nc(N(S(C)=O)S(C)(=O)=O)c(-c3cccc(C(=O)NC45CC6CC64C5)c3)cc12. The molecule has 7 rings (SSSR count). The van der Waals surface area contributed by atoms with E-state index in [0.29, 0.717) is 25.8 Å². The number of hydrogen-bond donors (Lipinski definition) is 2. The molecule has 0 bridgehead atoms. The van der Waals surface area contributed by atoms with Crippen molar-refractivity contribution in [3.8, 4) is 22.5 Å². The Morgan fingerprint density at radius 2 is 1.84 bits per heavy atom. The molecule has 43 heavy (non-hydrogen) atoms. The maximum absolute atomic E-state index is 13.7. The van der Waals surface area contributed by atoms with Crippen LogP contribution in [0.5, 0.6) is 0 Å². The maximum atomic E-state index is 13.7. The van der Waals surface area contributed by atoms with Gasteiger partial charge in [-0.3, -0.25) is 9.59 Å². The Morgan fingerprint density at radius 3 is 2.42 bits per heavy atom. The highest BCUT2D eigenvalue weighted by molar-refractivity contribution is 8.06. The normalized spacial score (nSPS) is 23.9. The molecule has 4 aromatic rings. The quantitative estimate of drug-likeness (QED) is 0.303. The average Bonchev–Trinajstić information content (AvgIpc) is 3.62. The first kappa shape index (κ1) is 27.7. The highest BCUT2D eigenvalue weighted by Crippen LogP contribution is 2.89. The number of benzene rings is 2. The van der Waals surface area contributed by atoms with Gasteiger partial charge in [0.2, 0.25) is 15.7 Å². The number of anilines is 1. The first-order chi connectivity index (χ1) is 20.4. The van der Waals surface area contributed by atoms with Gasteiger partial charge in [-0.2, -0.15) is 8.69 Å². The van der Waals surface area contributed by atoms with Crippen molar-refractivity contribution in [2.24, 2.45) is 11.3 Å². The zero-order valence-corrected chi connectivity index (χ0v) is 25.1. The van der Waals surface area contributed by atoms with Crippen LogP contribution in [0.2, 0.25) is 0 Å². The lowest BCUT2D eigenvalue weighted by atomic mass is 9.92. The Bertz CT molecular complexity index is 2010. The van der Waals surface area contributed by atoms with E-state index in [1.54, 1.807) is 24.3 Å². The van der Waals surface area contributed by atoms with E-state index in [1.807, 2.05) is 0 Å². The Balaban J connectivity index is 1.41. The van der Waals surface area contributed by atoms with Gasteiger partial charge in [0.25, 0.3) is 11.8 Å². The van der Waals surface area contributed by atoms with Gasteiger partial charge in [-0.25, -0.2) is 17.0 Å². The molecule has 0 aliphatic heterocycles. The van der Waals surface area contributed by atoms with E-state index in [4.69, 9.17) is 4.42 Å². The number of amides is 2. The predicted octanol–water partition coefficient (Wildman–Crippen LogP) is 4.00. The Morgan fingerprint density at radius 1 is 1.09 bits per heavy atom. The van der Waals surface area contributed by atoms with Crippen LogP contribution in [-0.2, 0) is 21.0 Å². The number of rotatable bonds is 8. The average molecular weight is 623 g/mol. The first-order valence-corrected chi connectivity index (χ1v) is 17.0. The van der Waals surface area contributed by atoms with E-state index in [-0.39, 0.29) is 45.3 Å². The van der Waals surface area contributed by atoms with Crippen molar-refractivity contribution in [1.29, 1.82) is 0 Å². The summed E-state index contributed by atoms with van der Waals surface area (Å²) in [6.07, 6.45) is 5.28. The number of nitrogens with one attached hydrogen (secondary N) is 2. The summed E-state index contributed by atoms with van der Waals surface area (Å²) in [6.45, 7) is 0. The third-order valence-corrected chi connectivity index (χ3v) is 11.8. The molecule has 3 fully saturated rings. The van der Waals surface area contributed by atoms with E-state index < -0.39 is 32.7 Å². The van der Waals surface area contributed by atoms with E-state index in [0.717, 1.165) is 31.4 Å². The van der Waals surface area contributed by atoms with Gasteiger partial charge < -0.3 is 15.1 Å². The van der Waals surface area contributed by atoms with Gasteiger partial charge >= 0.3 is 0 Å². The number of aromatic nitrogens is 1. The molecule has 2 heterocycles. The van der Waals surface area contributed by atoms with E-state index in [1.165, 1.54) is 43.6 Å². The van der Waals surface area contributed by atoms with Gasteiger partial charge in [-0.15, -0.1) is 0 Å². The van der Waals surface area contributed by atoms with Gasteiger partial charge in [-0.1, -0.05) is 12.1 Å². The number of pyridine rings is 1. The van der Waals surface area contributed by atoms with Gasteiger partial charge in [-0.05, 0) is 78.6 Å². The molecule has 0 radical (unpaired) electrons. The number of halogens is 1. The molecule has 10 nitrogen and oxygen atoms in total. The summed E-state index contributed by atoms with van der Waals surface area (Å²) < 4.78 is 58.9. The summed E-state index contributed by atoms with van der Waals surface area (Å²) in [4.78, 5) is 31.0. The highest BCUT2D eigenvalue weighted by Gasteiger charge is 2.89. The minimum absolute atomic E-state index is 0.0909. The fraction of sp³-hybridized carbons (Fsp3) is 0.300. The smallest absolute Gasteiger partial charge is 0.255 e. The molecule has 2 aromatic carbocycles. The predicted molar refractivity (Wildman–Crippen MR) is 160 cm³/mol. The van der Waals surface area contributed by atoms with E-state index in [2.05, 4.69) is 15.6 Å². The van der Waals surface area contributed by atoms with Crippen LogP contribution >= 0.6 is 0 Å². The molecular formula is C30H27FN4O6S2. The lowest BCUT2D eigenvalue weighted by molar-refractivity contribution is 0.0904. The van der Waals surface area contributed by atoms with Gasteiger partial charge in [0, 0.05) is 35.5 Å². The summed E-state index contributed by atoms with van der Waals surface area (Å²) in [5.41, 5.74) is 1.59. The Hall–Kier alpha value is -4.10. The molecule has 2 aromatic heterocycles. The number of carbonyl (C=O) groups is 2. The van der Waals surface area contributed by atoms with Gasteiger partial charge in [0.15, 0.2) is 5.82 Å². The van der Waals surface area contributed by atoms with Gasteiger partial charge in [0.1, 0.15) is 22.6 Å². The lowest BCUT2D eigenvalue weighted by Crippen LogP contribution is -2.43. The topological polar surface area (TPSA) is 139 Å². The zero-order chi connectivity index (χ0) is 30.5. The van der Waals surface area contributed by atoms with Crippen LogP contribution in [0, 0.1) is 17.2 Å². The number of hydrogen-bond acceptors (Lipinski definition) is 7. The number of furan rings is 1. The molecule has 2 amide bonds. The van der Waals surface area contributed by atoms with Crippen LogP contribution in [0.3, 0.4) is 0 Å². The second-order valence-corrected chi connectivity index (χ2v) is 14.8. The zero-order valence-electron chi connectivity index (χ0n) is 23.4. The molecule has 2 N–H and O–H groups in total. The van der Waals surface area contributed by atoms with Crippen molar-refractivity contribution in [1.82, 2.24) is 15.6 Å². The molecule has 4 unspecified atom stereocenters. The van der Waals surface area contributed by atoms with Crippen LogP contribution in [0.15, 0.2) is 59.0 Å². The van der Waals surface area contributed by atoms with Crippen molar-refractivity contribution in [2.75, 3.05) is 23.3 Å². The fourth-order valence-corrected chi connectivity index (χ4v) is 9.20. The fourth-order valence-electron chi connectivity index (χ4n) is 6.84. The molecule has 3 saturated carbocycles. The summed E-state index contributed by atoms with van der Waals surface area (Å²) in [6, 6.07) is 13.5. The molecule has 4 atom stereocenters. The second kappa shape index (κ2) is 9.20. The molecule has 0 saturated heterocycles. The van der Waals surface area contributed by atoms with Crippen molar-refractivity contribution in [3.63, 3.8) is 0 Å². The summed E-state index contributed by atoms with van der Waals surface area (Å²) in [5.74, 6) is -0.601. The van der Waals surface area contributed by atoms with E-state index >= 15 is 0 Å². The van der Waals surface area contributed by atoms with Gasteiger partial charge in [0.05, 0.1) is 17.2 Å². The standard InChI is InChI=1S/C30H27FN4O6S2/c1-32-27(37)23-22-12-21(17-5-4-6-18(11-17)26(36)34-30-14-19-13-29(19,30)15-30)25(35(42(2)38)43(3,39)40)33-28(22)41-24(23)16-7-9-20(31)10-8-16/h4-12,19H,13-15H2,1-3H3,(H,32,37)(H,34,36). The second-order valence-electron chi connectivity index (χ2n) is 11.6. The minimum atomic E-state index is -4.11. The van der Waals surface area contributed by atoms with Crippen molar-refractivity contribution >= 4 is 49.7 Å². The van der Waals surface area contributed by atoms with Crippen molar-refractivity contribution < 1.29 is 31.0 Å². The Labute approximate surface area is 249 Å². The number of sulfonamides is 1. The molecule has 3 aliphatic rings. The first-order valence-electron chi connectivity index (χ1n) is 13.6. The molecular weight excluding hydrogens is 595 g/mol. The maximum Gasteiger partial charge on any atom is 0.255 e. The summed E-state index contributed by atoms with van der Waals surface area (Å²) >= 11 is 0. The van der Waals surface area contributed by atoms with Crippen LogP contribution in [0.25, 0.3) is 33.6 Å². The van der Waals surface area contributed by atoms with Crippen LogP contribution in [0.1, 0.15) is 40.0 Å². The third kappa shape index (κ3) is 4.20. The summed E-state index contributed by atoms with van der Waals surface area (Å²) in [7, 11) is -4.74. The van der Waals surface area contributed by atoms with Crippen LogP contribution < -0.4 is 14.3 Å².